The van der Waals surface area contributed by atoms with Crippen molar-refractivity contribution < 1.29 is 0 Å². The zero-order chi connectivity index (χ0) is 9.64. The quantitative estimate of drug-likeness (QED) is 0.692. The molecule has 0 radical (unpaired) electrons. The third-order valence-corrected chi connectivity index (χ3v) is 3.02. The Hall–Kier alpha value is -0.570. The SMILES string of the molecule is C1CCN=C(NN2CCCCC2)CC1. The maximum atomic E-state index is 4.58. The highest BCUT2D eigenvalue weighted by molar-refractivity contribution is 5.81. The summed E-state index contributed by atoms with van der Waals surface area (Å²) in [6.45, 7) is 3.41. The molecule has 2 aliphatic heterocycles. The molecule has 0 saturated carbocycles. The molecular formula is C11H21N3. The van der Waals surface area contributed by atoms with Gasteiger partial charge in [-0.1, -0.05) is 12.8 Å². The first-order valence-corrected chi connectivity index (χ1v) is 6.00. The van der Waals surface area contributed by atoms with Crippen LogP contribution in [0.2, 0.25) is 0 Å². The van der Waals surface area contributed by atoms with E-state index < -0.39 is 0 Å². The molecule has 0 aromatic heterocycles. The number of nitrogens with zero attached hydrogens (tertiary/aromatic N) is 2. The Balaban J connectivity index is 1.79. The molecule has 3 nitrogen and oxygen atoms in total. The van der Waals surface area contributed by atoms with Gasteiger partial charge in [0.25, 0.3) is 0 Å². The highest BCUT2D eigenvalue weighted by Gasteiger charge is 2.12. The van der Waals surface area contributed by atoms with Crippen molar-refractivity contribution in [3.05, 3.63) is 0 Å². The summed E-state index contributed by atoms with van der Waals surface area (Å²) in [5, 5.41) is 2.34. The molecule has 0 aromatic carbocycles. The van der Waals surface area contributed by atoms with Crippen LogP contribution in [0, 0.1) is 0 Å². The van der Waals surface area contributed by atoms with Crippen LogP contribution >= 0.6 is 0 Å². The first-order chi connectivity index (χ1) is 6.95. The number of hydrogen-bond donors (Lipinski definition) is 1. The smallest absolute Gasteiger partial charge is 0.111 e. The third kappa shape index (κ3) is 2.98. The van der Waals surface area contributed by atoms with Crippen LogP contribution in [0.1, 0.15) is 44.9 Å². The number of hydrogen-bond acceptors (Lipinski definition) is 3. The number of nitrogens with one attached hydrogen (secondary N) is 1. The number of rotatable bonds is 1. The Bertz CT molecular complexity index is 195. The molecule has 0 unspecified atom stereocenters. The van der Waals surface area contributed by atoms with Crippen molar-refractivity contribution in [1.29, 1.82) is 0 Å². The molecule has 0 aromatic rings. The Morgan fingerprint density at radius 3 is 2.57 bits per heavy atom. The molecule has 0 bridgehead atoms. The van der Waals surface area contributed by atoms with Crippen molar-refractivity contribution in [2.45, 2.75) is 44.9 Å². The van der Waals surface area contributed by atoms with Crippen LogP contribution in [0.5, 0.6) is 0 Å². The number of piperidine rings is 1. The maximum absolute atomic E-state index is 4.58. The van der Waals surface area contributed by atoms with Gasteiger partial charge in [0.1, 0.15) is 5.84 Å². The summed E-state index contributed by atoms with van der Waals surface area (Å²) >= 11 is 0. The van der Waals surface area contributed by atoms with Gasteiger partial charge in [-0.2, -0.15) is 0 Å². The lowest BCUT2D eigenvalue weighted by Gasteiger charge is -2.28. The van der Waals surface area contributed by atoms with Gasteiger partial charge < -0.3 is 5.43 Å². The van der Waals surface area contributed by atoms with E-state index in [1.165, 1.54) is 57.5 Å². The predicted molar refractivity (Wildman–Crippen MR) is 59.3 cm³/mol. The fraction of sp³-hybridized carbons (Fsp3) is 0.909. The average Bonchev–Trinajstić information content (AvgIpc) is 2.48. The molecule has 0 amide bonds. The molecule has 0 atom stereocenters. The fourth-order valence-electron chi connectivity index (χ4n) is 2.15. The molecule has 2 rings (SSSR count). The zero-order valence-electron chi connectivity index (χ0n) is 8.97. The number of amidine groups is 1. The molecule has 2 heterocycles. The van der Waals surface area contributed by atoms with Crippen molar-refractivity contribution in [2.75, 3.05) is 19.6 Å². The summed E-state index contributed by atoms with van der Waals surface area (Å²) in [6.07, 6.45) is 9.13. The zero-order valence-corrected chi connectivity index (χ0v) is 8.97. The lowest BCUT2D eigenvalue weighted by atomic mass is 10.2. The lowest BCUT2D eigenvalue weighted by Crippen LogP contribution is -2.45. The minimum Gasteiger partial charge on any atom is -0.307 e. The maximum Gasteiger partial charge on any atom is 0.111 e. The Morgan fingerprint density at radius 1 is 0.929 bits per heavy atom. The van der Waals surface area contributed by atoms with Crippen LogP contribution in [0.4, 0.5) is 0 Å². The van der Waals surface area contributed by atoms with Gasteiger partial charge in [0.05, 0.1) is 0 Å². The summed E-state index contributed by atoms with van der Waals surface area (Å²) < 4.78 is 0. The van der Waals surface area contributed by atoms with Crippen LogP contribution in [0.25, 0.3) is 0 Å². The summed E-state index contributed by atoms with van der Waals surface area (Å²) in [4.78, 5) is 4.58. The summed E-state index contributed by atoms with van der Waals surface area (Å²) in [7, 11) is 0. The van der Waals surface area contributed by atoms with E-state index in [1.54, 1.807) is 0 Å². The summed E-state index contributed by atoms with van der Waals surface area (Å²) in [5.74, 6) is 1.23. The van der Waals surface area contributed by atoms with Gasteiger partial charge in [0, 0.05) is 26.1 Å². The van der Waals surface area contributed by atoms with Crippen molar-refractivity contribution in [3.63, 3.8) is 0 Å². The topological polar surface area (TPSA) is 27.6 Å². The van der Waals surface area contributed by atoms with Crippen LogP contribution in [-0.2, 0) is 0 Å². The van der Waals surface area contributed by atoms with E-state index in [0.29, 0.717) is 0 Å². The van der Waals surface area contributed by atoms with Crippen molar-refractivity contribution >= 4 is 5.84 Å². The Morgan fingerprint density at radius 2 is 1.71 bits per heavy atom. The molecule has 3 heteroatoms. The molecule has 1 saturated heterocycles. The average molecular weight is 195 g/mol. The second-order valence-corrected chi connectivity index (χ2v) is 4.30. The van der Waals surface area contributed by atoms with Gasteiger partial charge in [-0.3, -0.25) is 4.99 Å². The van der Waals surface area contributed by atoms with Crippen molar-refractivity contribution in [1.82, 2.24) is 10.4 Å². The molecule has 14 heavy (non-hydrogen) atoms. The Kier molecular flexibility index (Phi) is 3.80. The van der Waals surface area contributed by atoms with Crippen molar-refractivity contribution in [3.8, 4) is 0 Å². The molecule has 2 aliphatic rings. The second kappa shape index (κ2) is 5.35. The van der Waals surface area contributed by atoms with Crippen LogP contribution in [0.15, 0.2) is 4.99 Å². The highest BCUT2D eigenvalue weighted by atomic mass is 15.5. The molecule has 80 valence electrons. The molecular weight excluding hydrogens is 174 g/mol. The minimum absolute atomic E-state index is 1.02. The highest BCUT2D eigenvalue weighted by Crippen LogP contribution is 2.09. The van der Waals surface area contributed by atoms with Gasteiger partial charge in [0.2, 0.25) is 0 Å². The fourth-order valence-corrected chi connectivity index (χ4v) is 2.15. The van der Waals surface area contributed by atoms with E-state index in [9.17, 15) is 0 Å². The number of aliphatic imine (C=N–C) groups is 1. The molecule has 0 aliphatic carbocycles. The van der Waals surface area contributed by atoms with Gasteiger partial charge in [-0.05, 0) is 25.7 Å². The largest absolute Gasteiger partial charge is 0.307 e. The Labute approximate surface area is 86.6 Å². The van der Waals surface area contributed by atoms with E-state index in [0.717, 1.165) is 13.0 Å². The summed E-state index contributed by atoms with van der Waals surface area (Å²) in [5.41, 5.74) is 3.48. The van der Waals surface area contributed by atoms with E-state index >= 15 is 0 Å². The van der Waals surface area contributed by atoms with Gasteiger partial charge >= 0.3 is 0 Å². The van der Waals surface area contributed by atoms with E-state index in [2.05, 4.69) is 15.4 Å². The van der Waals surface area contributed by atoms with Crippen LogP contribution in [-0.4, -0.2) is 30.5 Å². The van der Waals surface area contributed by atoms with Crippen molar-refractivity contribution in [2.24, 2.45) is 4.99 Å². The minimum atomic E-state index is 1.02. The standard InChI is InChI=1S/C11H21N3/c1-3-7-11(12-8-4-1)13-14-9-5-2-6-10-14/h1-10H2,(H,12,13). The molecule has 1 fully saturated rings. The van der Waals surface area contributed by atoms with Gasteiger partial charge in [-0.15, -0.1) is 0 Å². The van der Waals surface area contributed by atoms with E-state index in [-0.39, 0.29) is 0 Å². The predicted octanol–water partition coefficient (Wildman–Crippen LogP) is 1.95. The van der Waals surface area contributed by atoms with Crippen LogP contribution in [0.3, 0.4) is 0 Å². The second-order valence-electron chi connectivity index (χ2n) is 4.30. The molecule has 1 N–H and O–H groups in total. The summed E-state index contributed by atoms with van der Waals surface area (Å²) in [6, 6.07) is 0. The normalized spacial score (nSPS) is 25.3. The van der Waals surface area contributed by atoms with E-state index in [4.69, 9.17) is 0 Å². The van der Waals surface area contributed by atoms with Gasteiger partial charge in [0.15, 0.2) is 0 Å². The first kappa shape index (κ1) is 9.97. The number of hydrazine groups is 1. The first-order valence-electron chi connectivity index (χ1n) is 6.00. The molecule has 0 spiro atoms. The third-order valence-electron chi connectivity index (χ3n) is 3.02. The lowest BCUT2D eigenvalue weighted by molar-refractivity contribution is 0.193. The van der Waals surface area contributed by atoms with Crippen LogP contribution < -0.4 is 5.43 Å². The van der Waals surface area contributed by atoms with Gasteiger partial charge in [-0.25, -0.2) is 5.01 Å². The van der Waals surface area contributed by atoms with E-state index in [1.807, 2.05) is 0 Å². The monoisotopic (exact) mass is 195 g/mol.